The number of piperidine rings is 1. The first-order valence-electron chi connectivity index (χ1n) is 10.2. The van der Waals surface area contributed by atoms with Gasteiger partial charge in [-0.3, -0.25) is 14.7 Å². The summed E-state index contributed by atoms with van der Waals surface area (Å²) in [6.07, 6.45) is 7.51. The van der Waals surface area contributed by atoms with E-state index in [1.54, 1.807) is 11.3 Å². The van der Waals surface area contributed by atoms with Crippen molar-refractivity contribution in [1.82, 2.24) is 14.8 Å². The molecule has 1 fully saturated rings. The molecule has 0 aromatic carbocycles. The fraction of sp³-hybridized carbons (Fsp3) is 0.545. The van der Waals surface area contributed by atoms with Crippen LogP contribution in [0.4, 0.5) is 0 Å². The highest BCUT2D eigenvalue weighted by Crippen LogP contribution is 2.31. The van der Waals surface area contributed by atoms with Gasteiger partial charge in [-0.25, -0.2) is 0 Å². The summed E-state index contributed by atoms with van der Waals surface area (Å²) in [5.74, 6) is 0.255. The van der Waals surface area contributed by atoms with Crippen LogP contribution in [0.2, 0.25) is 0 Å². The van der Waals surface area contributed by atoms with Gasteiger partial charge in [0.15, 0.2) is 0 Å². The quantitative estimate of drug-likeness (QED) is 0.791. The molecule has 0 N–H and O–H groups in total. The summed E-state index contributed by atoms with van der Waals surface area (Å²) in [5.41, 5.74) is 4.68. The Morgan fingerprint density at radius 2 is 2.19 bits per heavy atom. The van der Waals surface area contributed by atoms with Crippen LogP contribution in [0.3, 0.4) is 0 Å². The molecule has 0 unspecified atom stereocenters. The van der Waals surface area contributed by atoms with Crippen LogP contribution in [0, 0.1) is 0 Å². The minimum Gasteiger partial charge on any atom is -0.336 e. The van der Waals surface area contributed by atoms with Crippen LogP contribution in [0.15, 0.2) is 23.7 Å². The second-order valence-electron chi connectivity index (χ2n) is 7.87. The Morgan fingerprint density at radius 1 is 1.30 bits per heavy atom. The third-order valence-corrected chi connectivity index (χ3v) is 7.01. The molecule has 0 radical (unpaired) electrons. The lowest BCUT2D eigenvalue weighted by Gasteiger charge is -2.34. The summed E-state index contributed by atoms with van der Waals surface area (Å²) < 4.78 is 0. The average Bonchev–Trinajstić information content (AvgIpc) is 3.12. The number of rotatable bonds is 4. The number of aryl methyl sites for hydroxylation is 1. The number of hydrogen-bond donors (Lipinski definition) is 0. The molecule has 4 heterocycles. The lowest BCUT2D eigenvalue weighted by atomic mass is 9.99. The SMILES string of the molecule is CCc1ccc(CN2CCc3c(C(=O)N4CCCC[C@@H]4C)csc3C2)nc1. The van der Waals surface area contributed by atoms with Gasteiger partial charge in [-0.05, 0) is 56.2 Å². The number of aromatic nitrogens is 1. The number of nitrogens with zero attached hydrogens (tertiary/aromatic N) is 3. The van der Waals surface area contributed by atoms with Crippen molar-refractivity contribution in [2.45, 2.75) is 65.1 Å². The molecule has 27 heavy (non-hydrogen) atoms. The topological polar surface area (TPSA) is 36.4 Å². The van der Waals surface area contributed by atoms with Gasteiger partial charge in [0.1, 0.15) is 0 Å². The van der Waals surface area contributed by atoms with Gasteiger partial charge in [0, 0.05) is 48.7 Å². The van der Waals surface area contributed by atoms with Gasteiger partial charge in [0.2, 0.25) is 0 Å². The van der Waals surface area contributed by atoms with E-state index in [0.29, 0.717) is 6.04 Å². The van der Waals surface area contributed by atoms with E-state index in [1.807, 2.05) is 6.20 Å². The molecule has 4 nitrogen and oxygen atoms in total. The number of thiophene rings is 1. The molecule has 1 saturated heterocycles. The number of hydrogen-bond acceptors (Lipinski definition) is 4. The standard InChI is InChI=1S/C22H29N3OS/c1-3-17-7-8-18(23-12-17)13-24-11-9-19-20(15-27-21(19)14-24)22(26)25-10-5-4-6-16(25)2/h7-8,12,15-16H,3-6,9-11,13-14H2,1-2H3/t16-/m0/s1. The number of carbonyl (C=O) groups is 1. The van der Waals surface area contributed by atoms with Crippen molar-refractivity contribution >= 4 is 17.2 Å². The van der Waals surface area contributed by atoms with Crippen molar-refractivity contribution in [2.24, 2.45) is 0 Å². The Kier molecular flexibility index (Phi) is 5.60. The number of carbonyl (C=O) groups excluding carboxylic acids is 1. The lowest BCUT2D eigenvalue weighted by Crippen LogP contribution is -2.42. The van der Waals surface area contributed by atoms with Gasteiger partial charge in [0.05, 0.1) is 11.3 Å². The third-order valence-electron chi connectivity index (χ3n) is 6.00. The van der Waals surface area contributed by atoms with Crippen LogP contribution in [-0.2, 0) is 25.9 Å². The predicted molar refractivity (Wildman–Crippen MR) is 110 cm³/mol. The molecular weight excluding hydrogens is 354 g/mol. The first-order chi connectivity index (χ1) is 13.2. The molecule has 2 aromatic rings. The fourth-order valence-electron chi connectivity index (χ4n) is 4.24. The van der Waals surface area contributed by atoms with E-state index >= 15 is 0 Å². The van der Waals surface area contributed by atoms with Crippen molar-refractivity contribution in [3.63, 3.8) is 0 Å². The molecule has 144 valence electrons. The molecular formula is C22H29N3OS. The van der Waals surface area contributed by atoms with Crippen molar-refractivity contribution in [3.05, 3.63) is 51.0 Å². The van der Waals surface area contributed by atoms with E-state index in [-0.39, 0.29) is 5.91 Å². The summed E-state index contributed by atoms with van der Waals surface area (Å²) in [4.78, 5) is 23.6. The lowest BCUT2D eigenvalue weighted by molar-refractivity contribution is 0.0634. The van der Waals surface area contributed by atoms with Crippen LogP contribution < -0.4 is 0 Å². The minimum atomic E-state index is 0.255. The van der Waals surface area contributed by atoms with E-state index in [2.05, 4.69) is 46.1 Å². The third kappa shape index (κ3) is 3.94. The van der Waals surface area contributed by atoms with E-state index in [4.69, 9.17) is 0 Å². The minimum absolute atomic E-state index is 0.255. The molecule has 0 bridgehead atoms. The number of pyridine rings is 1. The largest absolute Gasteiger partial charge is 0.336 e. The van der Waals surface area contributed by atoms with Gasteiger partial charge in [0.25, 0.3) is 5.91 Å². The summed E-state index contributed by atoms with van der Waals surface area (Å²) in [6, 6.07) is 4.70. The van der Waals surface area contributed by atoms with E-state index in [9.17, 15) is 4.79 Å². The maximum Gasteiger partial charge on any atom is 0.255 e. The molecule has 2 aliphatic heterocycles. The Balaban J connectivity index is 1.44. The maximum atomic E-state index is 13.1. The number of likely N-dealkylation sites (tertiary alicyclic amines) is 1. The van der Waals surface area contributed by atoms with Crippen molar-refractivity contribution in [2.75, 3.05) is 13.1 Å². The first kappa shape index (κ1) is 18.6. The summed E-state index contributed by atoms with van der Waals surface area (Å²) >= 11 is 1.76. The Labute approximate surface area is 166 Å². The zero-order chi connectivity index (χ0) is 18.8. The van der Waals surface area contributed by atoms with Crippen molar-refractivity contribution in [1.29, 1.82) is 0 Å². The molecule has 1 amide bonds. The second-order valence-corrected chi connectivity index (χ2v) is 8.83. The summed E-state index contributed by atoms with van der Waals surface area (Å²) in [5, 5.41) is 2.10. The Hall–Kier alpha value is -1.72. The molecule has 0 saturated carbocycles. The molecule has 1 atom stereocenters. The van der Waals surface area contributed by atoms with Gasteiger partial charge in [-0.15, -0.1) is 11.3 Å². The smallest absolute Gasteiger partial charge is 0.255 e. The van der Waals surface area contributed by atoms with Crippen LogP contribution in [0.1, 0.15) is 65.2 Å². The zero-order valence-electron chi connectivity index (χ0n) is 16.4. The Bertz CT molecular complexity index is 798. The molecule has 2 aromatic heterocycles. The van der Waals surface area contributed by atoms with Crippen LogP contribution in [0.25, 0.3) is 0 Å². The molecule has 0 aliphatic carbocycles. The van der Waals surface area contributed by atoms with Crippen LogP contribution in [0.5, 0.6) is 0 Å². The average molecular weight is 384 g/mol. The van der Waals surface area contributed by atoms with E-state index in [0.717, 1.165) is 63.1 Å². The van der Waals surface area contributed by atoms with Crippen LogP contribution >= 0.6 is 11.3 Å². The van der Waals surface area contributed by atoms with Gasteiger partial charge in [-0.1, -0.05) is 13.0 Å². The highest BCUT2D eigenvalue weighted by atomic mass is 32.1. The number of amides is 1. The first-order valence-corrected chi connectivity index (χ1v) is 11.1. The van der Waals surface area contributed by atoms with E-state index < -0.39 is 0 Å². The predicted octanol–water partition coefficient (Wildman–Crippen LogP) is 4.28. The Morgan fingerprint density at radius 3 is 2.93 bits per heavy atom. The second kappa shape index (κ2) is 8.11. The monoisotopic (exact) mass is 383 g/mol. The van der Waals surface area contributed by atoms with E-state index in [1.165, 1.54) is 22.4 Å². The molecule has 4 rings (SSSR count). The van der Waals surface area contributed by atoms with Crippen LogP contribution in [-0.4, -0.2) is 39.8 Å². The van der Waals surface area contributed by atoms with Crippen molar-refractivity contribution < 1.29 is 4.79 Å². The summed E-state index contributed by atoms with van der Waals surface area (Å²) in [7, 11) is 0. The zero-order valence-corrected chi connectivity index (χ0v) is 17.2. The van der Waals surface area contributed by atoms with Gasteiger partial charge in [-0.2, -0.15) is 0 Å². The van der Waals surface area contributed by atoms with Crippen molar-refractivity contribution in [3.8, 4) is 0 Å². The molecule has 2 aliphatic rings. The molecule has 5 heteroatoms. The normalized spacial score (nSPS) is 20.5. The number of fused-ring (bicyclic) bond motifs is 1. The van der Waals surface area contributed by atoms with Gasteiger partial charge < -0.3 is 4.90 Å². The maximum absolute atomic E-state index is 13.1. The molecule has 0 spiro atoms. The highest BCUT2D eigenvalue weighted by molar-refractivity contribution is 7.10. The summed E-state index contributed by atoms with van der Waals surface area (Å²) in [6.45, 7) is 8.07. The highest BCUT2D eigenvalue weighted by Gasteiger charge is 2.29. The van der Waals surface area contributed by atoms with Gasteiger partial charge >= 0.3 is 0 Å². The fourth-order valence-corrected chi connectivity index (χ4v) is 5.35.